The second-order valence-electron chi connectivity index (χ2n) is 11.1. The second kappa shape index (κ2) is 15.3. The quantitative estimate of drug-likeness (QED) is 0.145. The van der Waals surface area contributed by atoms with Crippen molar-refractivity contribution in [1.29, 1.82) is 0 Å². The Kier molecular flexibility index (Phi) is 11.9. The Bertz CT molecular complexity index is 1330. The Morgan fingerprint density at radius 2 is 0.932 bits per heavy atom. The van der Waals surface area contributed by atoms with Crippen LogP contribution in [0.25, 0.3) is 0 Å². The second-order valence-corrected chi connectivity index (χ2v) is 11.1. The van der Waals surface area contributed by atoms with Crippen LogP contribution in [0.5, 0.6) is 0 Å². The zero-order valence-corrected chi connectivity index (χ0v) is 25.6. The van der Waals surface area contributed by atoms with Gasteiger partial charge in [-0.25, -0.2) is 0 Å². The first-order valence-corrected chi connectivity index (χ1v) is 14.9. The summed E-state index contributed by atoms with van der Waals surface area (Å²) >= 11 is 0. The third-order valence-electron chi connectivity index (χ3n) is 8.08. The molecule has 0 spiro atoms. The Morgan fingerprint density at radius 1 is 0.591 bits per heavy atom. The SMILES string of the molecule is CC[C@H](C)[C@H](N)C(=O)NCCNC(=O)c1ccc2c(c1)C(=O)c1ccc(C(=O)NCCNC(=O)[C@@H](N)[C@@H](C)CC)cc1C2=O. The van der Waals surface area contributed by atoms with E-state index < -0.39 is 35.5 Å². The number of fused-ring (bicyclic) bond motifs is 2. The van der Waals surface area contributed by atoms with Gasteiger partial charge in [-0.15, -0.1) is 0 Å². The molecular weight excluding hydrogens is 564 g/mol. The standard InChI is InChI=1S/C32H42N6O6/c1-5-17(3)25(33)31(43)37-13-11-35-29(41)19-7-9-21-23(15-19)27(39)22-10-8-20(16-24(22)28(21)40)30(42)36-12-14-38-32(44)26(34)18(4)6-2/h7-10,15-18,25-26H,5-6,11-14,33-34H2,1-4H3,(H,35,41)(H,36,42)(H,37,43)(H,38,44)/t17-,18-,25-,26-/m0/s1. The number of hydrogen-bond acceptors (Lipinski definition) is 8. The van der Waals surface area contributed by atoms with Gasteiger partial charge in [0.25, 0.3) is 11.8 Å². The summed E-state index contributed by atoms with van der Waals surface area (Å²) in [6.45, 7) is 8.33. The third kappa shape index (κ3) is 7.94. The number of benzene rings is 2. The van der Waals surface area contributed by atoms with Crippen LogP contribution in [0.3, 0.4) is 0 Å². The summed E-state index contributed by atoms with van der Waals surface area (Å²) in [6, 6.07) is 7.19. The molecule has 3 rings (SSSR count). The molecule has 2 aromatic rings. The smallest absolute Gasteiger partial charge is 0.251 e. The summed E-state index contributed by atoms with van der Waals surface area (Å²) in [4.78, 5) is 76.3. The molecule has 4 atom stereocenters. The fourth-order valence-corrected chi connectivity index (χ4v) is 4.62. The van der Waals surface area contributed by atoms with Crippen molar-refractivity contribution in [3.63, 3.8) is 0 Å². The third-order valence-corrected chi connectivity index (χ3v) is 8.08. The lowest BCUT2D eigenvalue weighted by Gasteiger charge is -2.19. The highest BCUT2D eigenvalue weighted by Gasteiger charge is 2.31. The van der Waals surface area contributed by atoms with Crippen LogP contribution in [0.15, 0.2) is 36.4 Å². The lowest BCUT2D eigenvalue weighted by atomic mass is 9.82. The molecule has 0 radical (unpaired) electrons. The van der Waals surface area contributed by atoms with Gasteiger partial charge in [-0.05, 0) is 48.2 Å². The van der Waals surface area contributed by atoms with Gasteiger partial charge in [0.1, 0.15) is 0 Å². The molecule has 0 aliphatic heterocycles. The van der Waals surface area contributed by atoms with E-state index in [-0.39, 0.29) is 83.2 Å². The maximum atomic E-state index is 13.3. The van der Waals surface area contributed by atoms with Crippen molar-refractivity contribution in [3.8, 4) is 0 Å². The van der Waals surface area contributed by atoms with Gasteiger partial charge in [0.15, 0.2) is 11.6 Å². The number of rotatable bonds is 14. The molecule has 0 fully saturated rings. The first kappa shape index (κ1) is 34.1. The van der Waals surface area contributed by atoms with Crippen LogP contribution in [-0.2, 0) is 9.59 Å². The maximum absolute atomic E-state index is 13.3. The van der Waals surface area contributed by atoms with E-state index in [0.717, 1.165) is 12.8 Å². The van der Waals surface area contributed by atoms with E-state index in [0.29, 0.717) is 0 Å². The van der Waals surface area contributed by atoms with Crippen LogP contribution in [-0.4, -0.2) is 73.5 Å². The molecule has 1 aliphatic carbocycles. The number of nitrogens with one attached hydrogen (secondary N) is 4. The molecule has 236 valence electrons. The molecule has 1 aliphatic rings. The van der Waals surface area contributed by atoms with Crippen molar-refractivity contribution in [2.75, 3.05) is 26.2 Å². The molecule has 0 saturated carbocycles. The van der Waals surface area contributed by atoms with Gasteiger partial charge in [-0.3, -0.25) is 28.8 Å². The number of nitrogens with two attached hydrogens (primary N) is 2. The highest BCUT2D eigenvalue weighted by Crippen LogP contribution is 2.29. The van der Waals surface area contributed by atoms with Crippen molar-refractivity contribution < 1.29 is 28.8 Å². The van der Waals surface area contributed by atoms with E-state index in [2.05, 4.69) is 21.3 Å². The fraction of sp³-hybridized carbons (Fsp3) is 0.438. The zero-order valence-electron chi connectivity index (χ0n) is 25.6. The van der Waals surface area contributed by atoms with E-state index in [9.17, 15) is 28.8 Å². The van der Waals surface area contributed by atoms with Gasteiger partial charge >= 0.3 is 0 Å². The van der Waals surface area contributed by atoms with Crippen LogP contribution >= 0.6 is 0 Å². The summed E-state index contributed by atoms with van der Waals surface area (Å²) in [5, 5.41) is 10.8. The summed E-state index contributed by atoms with van der Waals surface area (Å²) < 4.78 is 0. The summed E-state index contributed by atoms with van der Waals surface area (Å²) in [5.74, 6) is -2.35. The van der Waals surface area contributed by atoms with Crippen molar-refractivity contribution in [3.05, 3.63) is 69.8 Å². The fourth-order valence-electron chi connectivity index (χ4n) is 4.62. The Balaban J connectivity index is 1.59. The number of hydrogen-bond donors (Lipinski definition) is 6. The lowest BCUT2D eigenvalue weighted by Crippen LogP contribution is -2.46. The van der Waals surface area contributed by atoms with Crippen LogP contribution in [0, 0.1) is 11.8 Å². The van der Waals surface area contributed by atoms with Crippen LogP contribution < -0.4 is 32.7 Å². The van der Waals surface area contributed by atoms with Gasteiger partial charge in [0.05, 0.1) is 12.1 Å². The lowest BCUT2D eigenvalue weighted by molar-refractivity contribution is -0.124. The van der Waals surface area contributed by atoms with Crippen molar-refractivity contribution in [2.45, 2.75) is 52.6 Å². The number of carbonyl (C=O) groups is 6. The number of ketones is 2. The Labute approximate surface area is 257 Å². The predicted molar refractivity (Wildman–Crippen MR) is 165 cm³/mol. The highest BCUT2D eigenvalue weighted by atomic mass is 16.2. The minimum Gasteiger partial charge on any atom is -0.353 e. The zero-order chi connectivity index (χ0) is 32.6. The molecule has 0 aromatic heterocycles. The van der Waals surface area contributed by atoms with Gasteiger partial charge in [0.2, 0.25) is 11.8 Å². The van der Waals surface area contributed by atoms with Gasteiger partial charge in [0, 0.05) is 59.6 Å². The van der Waals surface area contributed by atoms with E-state index in [1.807, 2.05) is 27.7 Å². The van der Waals surface area contributed by atoms with E-state index in [1.54, 1.807) is 0 Å². The molecule has 4 amide bonds. The molecule has 12 nitrogen and oxygen atoms in total. The monoisotopic (exact) mass is 606 g/mol. The molecule has 2 aromatic carbocycles. The molecular formula is C32H42N6O6. The van der Waals surface area contributed by atoms with E-state index in [1.165, 1.54) is 36.4 Å². The highest BCUT2D eigenvalue weighted by molar-refractivity contribution is 6.29. The van der Waals surface area contributed by atoms with Crippen molar-refractivity contribution >= 4 is 35.2 Å². The van der Waals surface area contributed by atoms with Crippen molar-refractivity contribution in [2.24, 2.45) is 23.3 Å². The topological polar surface area (TPSA) is 203 Å². The van der Waals surface area contributed by atoms with Crippen LogP contribution in [0.2, 0.25) is 0 Å². The molecule has 12 heteroatoms. The van der Waals surface area contributed by atoms with Gasteiger partial charge in [-0.2, -0.15) is 0 Å². The number of amides is 4. The maximum Gasteiger partial charge on any atom is 0.251 e. The Hall–Kier alpha value is -4.42. The first-order chi connectivity index (χ1) is 20.9. The summed E-state index contributed by atoms with van der Waals surface area (Å²) in [6.07, 6.45) is 1.53. The normalized spacial score (nSPS) is 14.8. The van der Waals surface area contributed by atoms with E-state index >= 15 is 0 Å². The van der Waals surface area contributed by atoms with Crippen LogP contribution in [0.4, 0.5) is 0 Å². The molecule has 0 bridgehead atoms. The summed E-state index contributed by atoms with van der Waals surface area (Å²) in [5.41, 5.74) is 12.6. The average molecular weight is 607 g/mol. The first-order valence-electron chi connectivity index (χ1n) is 14.9. The predicted octanol–water partition coefficient (Wildman–Crippen LogP) is 0.901. The molecule has 0 saturated heterocycles. The van der Waals surface area contributed by atoms with Crippen molar-refractivity contribution in [1.82, 2.24) is 21.3 Å². The average Bonchev–Trinajstić information content (AvgIpc) is 3.04. The molecule has 44 heavy (non-hydrogen) atoms. The van der Waals surface area contributed by atoms with Gasteiger partial charge < -0.3 is 32.7 Å². The Morgan fingerprint density at radius 3 is 1.27 bits per heavy atom. The largest absolute Gasteiger partial charge is 0.353 e. The summed E-state index contributed by atoms with van der Waals surface area (Å²) in [7, 11) is 0. The van der Waals surface area contributed by atoms with Crippen LogP contribution in [0.1, 0.15) is 93.1 Å². The molecule has 8 N–H and O–H groups in total. The number of carbonyl (C=O) groups excluding carboxylic acids is 6. The minimum atomic E-state index is -0.633. The molecule has 0 heterocycles. The van der Waals surface area contributed by atoms with E-state index in [4.69, 9.17) is 11.5 Å². The van der Waals surface area contributed by atoms with Gasteiger partial charge in [-0.1, -0.05) is 40.5 Å². The molecule has 0 unspecified atom stereocenters. The minimum absolute atomic E-state index is 0.0271.